The van der Waals surface area contributed by atoms with E-state index in [1.165, 1.54) is 12.8 Å². The summed E-state index contributed by atoms with van der Waals surface area (Å²) in [5.74, 6) is 0.677. The summed E-state index contributed by atoms with van der Waals surface area (Å²) in [6.45, 7) is 4.90. The van der Waals surface area contributed by atoms with E-state index in [1.807, 2.05) is 18.7 Å². The first kappa shape index (κ1) is 13.2. The molecule has 0 aromatic heterocycles. The van der Waals surface area contributed by atoms with Gasteiger partial charge in [-0.3, -0.25) is 4.79 Å². The maximum absolute atomic E-state index is 12.5. The maximum Gasteiger partial charge on any atom is 0.256 e. The number of anilines is 1. The molecule has 1 fully saturated rings. The third-order valence-electron chi connectivity index (χ3n) is 3.28. The lowest BCUT2D eigenvalue weighted by Crippen LogP contribution is -2.38. The Morgan fingerprint density at radius 3 is 2.67 bits per heavy atom. The Hall–Kier alpha value is -1.22. The third-order valence-corrected chi connectivity index (χ3v) is 3.52. The van der Waals surface area contributed by atoms with Gasteiger partial charge in [-0.25, -0.2) is 0 Å². The second-order valence-electron chi connectivity index (χ2n) is 5.23. The molecule has 0 atom stereocenters. The lowest BCUT2D eigenvalue weighted by atomic mass is 10.1. The van der Waals surface area contributed by atoms with Crippen molar-refractivity contribution in [1.29, 1.82) is 0 Å². The van der Waals surface area contributed by atoms with Crippen molar-refractivity contribution in [2.75, 3.05) is 12.3 Å². The van der Waals surface area contributed by atoms with Gasteiger partial charge in [-0.1, -0.05) is 11.6 Å². The predicted octanol–water partition coefficient (Wildman–Crippen LogP) is 3.18. The average molecular weight is 267 g/mol. The molecule has 1 aliphatic carbocycles. The van der Waals surface area contributed by atoms with Gasteiger partial charge in [0.05, 0.1) is 5.56 Å². The normalized spacial score (nSPS) is 14.9. The first-order chi connectivity index (χ1) is 8.49. The second-order valence-corrected chi connectivity index (χ2v) is 5.66. The first-order valence-corrected chi connectivity index (χ1v) is 6.73. The van der Waals surface area contributed by atoms with Gasteiger partial charge < -0.3 is 10.6 Å². The van der Waals surface area contributed by atoms with E-state index in [9.17, 15) is 4.79 Å². The number of hydrogen-bond donors (Lipinski definition) is 1. The molecule has 1 aliphatic rings. The molecule has 2 N–H and O–H groups in total. The molecule has 1 amide bonds. The van der Waals surface area contributed by atoms with Crippen LogP contribution in [0, 0.1) is 5.92 Å². The summed E-state index contributed by atoms with van der Waals surface area (Å²) in [7, 11) is 0. The second kappa shape index (κ2) is 5.19. The molecule has 0 heterocycles. The van der Waals surface area contributed by atoms with Crippen LogP contribution in [0.4, 0.5) is 5.69 Å². The minimum atomic E-state index is 0.00562. The molecule has 1 aromatic carbocycles. The number of rotatable bonds is 4. The number of nitrogens with two attached hydrogens (primary N) is 1. The fourth-order valence-electron chi connectivity index (χ4n) is 1.99. The van der Waals surface area contributed by atoms with Crippen LogP contribution in [0.15, 0.2) is 18.2 Å². The van der Waals surface area contributed by atoms with Crippen LogP contribution in [0.5, 0.6) is 0 Å². The number of hydrogen-bond acceptors (Lipinski definition) is 2. The van der Waals surface area contributed by atoms with E-state index in [0.29, 0.717) is 22.2 Å². The molecule has 3 nitrogen and oxygen atoms in total. The summed E-state index contributed by atoms with van der Waals surface area (Å²) in [5.41, 5.74) is 6.88. The van der Waals surface area contributed by atoms with E-state index < -0.39 is 0 Å². The lowest BCUT2D eigenvalue weighted by molar-refractivity contribution is 0.0697. The molecule has 1 aromatic rings. The molecule has 2 rings (SSSR count). The molecule has 0 spiro atoms. The van der Waals surface area contributed by atoms with Crippen molar-refractivity contribution >= 4 is 23.2 Å². The highest BCUT2D eigenvalue weighted by molar-refractivity contribution is 6.31. The van der Waals surface area contributed by atoms with Crippen LogP contribution in [0.3, 0.4) is 0 Å². The summed E-state index contributed by atoms with van der Waals surface area (Å²) in [6.07, 6.45) is 2.46. The molecule has 0 radical (unpaired) electrons. The smallest absolute Gasteiger partial charge is 0.256 e. The van der Waals surface area contributed by atoms with Crippen molar-refractivity contribution in [3.8, 4) is 0 Å². The van der Waals surface area contributed by atoms with Gasteiger partial charge in [-0.05, 0) is 50.8 Å². The first-order valence-electron chi connectivity index (χ1n) is 6.35. The standard InChI is InChI=1S/C14H19ClN2O/c1-9(2)17(8-10-3-4-10)14(18)12-6-5-11(15)7-13(12)16/h5-7,9-10H,3-4,8,16H2,1-2H3. The van der Waals surface area contributed by atoms with Crippen molar-refractivity contribution < 1.29 is 4.79 Å². The van der Waals surface area contributed by atoms with E-state index in [2.05, 4.69) is 0 Å². The minimum Gasteiger partial charge on any atom is -0.398 e. The van der Waals surface area contributed by atoms with Crippen LogP contribution < -0.4 is 5.73 Å². The van der Waals surface area contributed by atoms with Crippen LogP contribution in [0.1, 0.15) is 37.0 Å². The van der Waals surface area contributed by atoms with Crippen molar-refractivity contribution in [3.63, 3.8) is 0 Å². The van der Waals surface area contributed by atoms with Crippen LogP contribution in [-0.4, -0.2) is 23.4 Å². The van der Waals surface area contributed by atoms with Gasteiger partial charge in [-0.15, -0.1) is 0 Å². The number of benzene rings is 1. The summed E-state index contributed by atoms with van der Waals surface area (Å²) in [5, 5.41) is 0.558. The number of carbonyl (C=O) groups excluding carboxylic acids is 1. The predicted molar refractivity (Wildman–Crippen MR) is 74.8 cm³/mol. The molecule has 0 aliphatic heterocycles. The molecular formula is C14H19ClN2O. The van der Waals surface area contributed by atoms with Crippen LogP contribution in [0.25, 0.3) is 0 Å². The number of nitrogens with zero attached hydrogens (tertiary/aromatic N) is 1. The zero-order valence-electron chi connectivity index (χ0n) is 10.8. The van der Waals surface area contributed by atoms with E-state index >= 15 is 0 Å². The molecule has 0 unspecified atom stereocenters. The Morgan fingerprint density at radius 2 is 2.17 bits per heavy atom. The zero-order valence-corrected chi connectivity index (χ0v) is 11.6. The highest BCUT2D eigenvalue weighted by atomic mass is 35.5. The molecule has 4 heteroatoms. The molecule has 18 heavy (non-hydrogen) atoms. The van der Waals surface area contributed by atoms with E-state index in [1.54, 1.807) is 18.2 Å². The lowest BCUT2D eigenvalue weighted by Gasteiger charge is -2.27. The zero-order chi connectivity index (χ0) is 13.3. The fourth-order valence-corrected chi connectivity index (χ4v) is 2.17. The van der Waals surface area contributed by atoms with Crippen molar-refractivity contribution in [2.24, 2.45) is 5.92 Å². The summed E-state index contributed by atoms with van der Waals surface area (Å²) in [6, 6.07) is 5.24. The summed E-state index contributed by atoms with van der Waals surface area (Å²) >= 11 is 5.85. The van der Waals surface area contributed by atoms with Crippen LogP contribution in [0.2, 0.25) is 5.02 Å². The fraction of sp³-hybridized carbons (Fsp3) is 0.500. The molecule has 1 saturated carbocycles. The van der Waals surface area contributed by atoms with E-state index in [-0.39, 0.29) is 11.9 Å². The average Bonchev–Trinajstić information content (AvgIpc) is 3.08. The quantitative estimate of drug-likeness (QED) is 0.851. The molecule has 0 bridgehead atoms. The van der Waals surface area contributed by atoms with Gasteiger partial charge in [0.1, 0.15) is 0 Å². The largest absolute Gasteiger partial charge is 0.398 e. The van der Waals surface area contributed by atoms with Gasteiger partial charge in [-0.2, -0.15) is 0 Å². The maximum atomic E-state index is 12.5. The monoisotopic (exact) mass is 266 g/mol. The minimum absolute atomic E-state index is 0.00562. The number of nitrogen functional groups attached to an aromatic ring is 1. The SMILES string of the molecule is CC(C)N(CC1CC1)C(=O)c1ccc(Cl)cc1N. The Balaban J connectivity index is 2.20. The van der Waals surface area contributed by atoms with Crippen molar-refractivity contribution in [2.45, 2.75) is 32.7 Å². The van der Waals surface area contributed by atoms with Gasteiger partial charge in [0.2, 0.25) is 0 Å². The van der Waals surface area contributed by atoms with Gasteiger partial charge in [0.15, 0.2) is 0 Å². The van der Waals surface area contributed by atoms with Crippen molar-refractivity contribution in [3.05, 3.63) is 28.8 Å². The van der Waals surface area contributed by atoms with Gasteiger partial charge in [0.25, 0.3) is 5.91 Å². The Kier molecular flexibility index (Phi) is 3.81. The van der Waals surface area contributed by atoms with E-state index in [4.69, 9.17) is 17.3 Å². The highest BCUT2D eigenvalue weighted by Crippen LogP contribution is 2.31. The number of carbonyl (C=O) groups is 1. The molecular weight excluding hydrogens is 248 g/mol. The summed E-state index contributed by atoms with van der Waals surface area (Å²) < 4.78 is 0. The third kappa shape index (κ3) is 2.96. The highest BCUT2D eigenvalue weighted by Gasteiger charge is 2.29. The Morgan fingerprint density at radius 1 is 1.50 bits per heavy atom. The van der Waals surface area contributed by atoms with Gasteiger partial charge >= 0.3 is 0 Å². The summed E-state index contributed by atoms with van der Waals surface area (Å²) in [4.78, 5) is 14.4. The van der Waals surface area contributed by atoms with Crippen LogP contribution in [-0.2, 0) is 0 Å². The Bertz CT molecular complexity index is 455. The van der Waals surface area contributed by atoms with Crippen molar-refractivity contribution in [1.82, 2.24) is 4.90 Å². The number of amides is 1. The van der Waals surface area contributed by atoms with Crippen LogP contribution >= 0.6 is 11.6 Å². The van der Waals surface area contributed by atoms with Gasteiger partial charge in [0, 0.05) is 23.3 Å². The topological polar surface area (TPSA) is 46.3 Å². The molecule has 0 saturated heterocycles. The molecule has 98 valence electrons. The Labute approximate surface area is 113 Å². The van der Waals surface area contributed by atoms with E-state index in [0.717, 1.165) is 6.54 Å². The number of halogens is 1.